The van der Waals surface area contributed by atoms with Gasteiger partial charge in [0.05, 0.1) is 29.1 Å². The van der Waals surface area contributed by atoms with Crippen LogP contribution < -0.4 is 0 Å². The molecule has 174 valence electrons. The lowest BCUT2D eigenvalue weighted by atomic mass is 10.1. The average Bonchev–Trinajstić information content (AvgIpc) is 3.48. The summed E-state index contributed by atoms with van der Waals surface area (Å²) in [5, 5.41) is 0.844. The normalized spacial score (nSPS) is 20.8. The molecule has 0 N–H and O–H groups in total. The van der Waals surface area contributed by atoms with Gasteiger partial charge in [0.15, 0.2) is 15.0 Å². The Morgan fingerprint density at radius 1 is 1.16 bits per heavy atom. The lowest BCUT2D eigenvalue weighted by Crippen LogP contribution is -2.47. The molecule has 0 bridgehead atoms. The first-order valence-electron chi connectivity index (χ1n) is 11.6. The fourth-order valence-electron chi connectivity index (χ4n) is 4.94. The molecule has 2 fully saturated rings. The third-order valence-corrected chi connectivity index (χ3v) is 9.09. The van der Waals surface area contributed by atoms with E-state index in [2.05, 4.69) is 35.5 Å². The molecule has 2 heterocycles. The Bertz CT molecular complexity index is 1030. The van der Waals surface area contributed by atoms with Gasteiger partial charge in [-0.3, -0.25) is 4.79 Å². The van der Waals surface area contributed by atoms with Crippen molar-refractivity contribution in [1.29, 1.82) is 0 Å². The molecule has 1 saturated carbocycles. The van der Waals surface area contributed by atoms with E-state index >= 15 is 0 Å². The van der Waals surface area contributed by atoms with Crippen molar-refractivity contribution in [2.45, 2.75) is 69.7 Å². The fraction of sp³-hybridized carbons (Fsp3) is 0.583. The van der Waals surface area contributed by atoms with E-state index < -0.39 is 9.84 Å². The van der Waals surface area contributed by atoms with Crippen LogP contribution >= 0.6 is 11.8 Å². The Hall–Kier alpha value is -1.80. The number of aromatic nitrogens is 2. The lowest BCUT2D eigenvalue weighted by Gasteiger charge is -2.34. The van der Waals surface area contributed by atoms with Crippen LogP contribution in [-0.2, 0) is 21.2 Å². The Balaban J connectivity index is 1.52. The minimum atomic E-state index is -3.04. The second kappa shape index (κ2) is 10.00. The number of carbonyl (C=O) groups is 1. The quantitative estimate of drug-likeness (QED) is 0.534. The Kier molecular flexibility index (Phi) is 7.30. The van der Waals surface area contributed by atoms with Crippen LogP contribution in [-0.4, -0.2) is 58.1 Å². The van der Waals surface area contributed by atoms with Gasteiger partial charge in [-0.15, -0.1) is 0 Å². The maximum Gasteiger partial charge on any atom is 0.233 e. The van der Waals surface area contributed by atoms with Gasteiger partial charge in [0.2, 0.25) is 5.91 Å². The third kappa shape index (κ3) is 5.39. The molecule has 1 aliphatic heterocycles. The number of hydrogen-bond acceptors (Lipinski definition) is 5. The molecule has 1 amide bonds. The number of rotatable bonds is 8. The SMILES string of the molecule is CC(C)Cn1c(-c2ccccc2)cnc1SCC(=O)N(C1CCCC1)[C@H]1CCS(=O)(=O)C1. The largest absolute Gasteiger partial charge is 0.335 e. The summed E-state index contributed by atoms with van der Waals surface area (Å²) in [6.45, 7) is 5.18. The predicted octanol–water partition coefficient (Wildman–Crippen LogP) is 4.26. The highest BCUT2D eigenvalue weighted by Crippen LogP contribution is 2.31. The van der Waals surface area contributed by atoms with Gasteiger partial charge < -0.3 is 9.47 Å². The monoisotopic (exact) mass is 475 g/mol. The Labute approximate surface area is 195 Å². The molecule has 1 atom stereocenters. The molecule has 8 heteroatoms. The molecule has 0 radical (unpaired) electrons. The maximum absolute atomic E-state index is 13.4. The van der Waals surface area contributed by atoms with Gasteiger partial charge >= 0.3 is 0 Å². The minimum absolute atomic E-state index is 0.0457. The van der Waals surface area contributed by atoms with Gasteiger partial charge in [-0.2, -0.15) is 0 Å². The molecule has 1 aliphatic carbocycles. The number of amides is 1. The third-order valence-electron chi connectivity index (χ3n) is 6.37. The number of carbonyl (C=O) groups excluding carboxylic acids is 1. The zero-order chi connectivity index (χ0) is 22.7. The van der Waals surface area contributed by atoms with E-state index in [0.717, 1.165) is 48.6 Å². The maximum atomic E-state index is 13.4. The Morgan fingerprint density at radius 2 is 1.88 bits per heavy atom. The zero-order valence-corrected chi connectivity index (χ0v) is 20.6. The van der Waals surface area contributed by atoms with Crippen molar-refractivity contribution in [3.63, 3.8) is 0 Å². The van der Waals surface area contributed by atoms with Crippen molar-refractivity contribution < 1.29 is 13.2 Å². The van der Waals surface area contributed by atoms with Gasteiger partial charge in [-0.05, 0) is 30.7 Å². The van der Waals surface area contributed by atoms with Crippen molar-refractivity contribution in [1.82, 2.24) is 14.5 Å². The average molecular weight is 476 g/mol. The number of benzene rings is 1. The van der Waals surface area contributed by atoms with Crippen LogP contribution in [0.4, 0.5) is 0 Å². The minimum Gasteiger partial charge on any atom is -0.335 e. The first-order valence-corrected chi connectivity index (χ1v) is 14.4. The zero-order valence-electron chi connectivity index (χ0n) is 18.9. The standard InChI is InChI=1S/C24H33N3O3S2/c1-18(2)15-26-22(19-8-4-3-5-9-19)14-25-24(26)31-16-23(28)27(20-10-6-7-11-20)21-12-13-32(29,30)17-21/h3-5,8-9,14,18,20-21H,6-7,10-13,15-17H2,1-2H3/t21-/m0/s1. The topological polar surface area (TPSA) is 72.3 Å². The Morgan fingerprint density at radius 3 is 2.50 bits per heavy atom. The summed E-state index contributed by atoms with van der Waals surface area (Å²) in [6, 6.07) is 10.2. The summed E-state index contributed by atoms with van der Waals surface area (Å²) in [6.07, 6.45) is 6.64. The predicted molar refractivity (Wildman–Crippen MR) is 129 cm³/mol. The van der Waals surface area contributed by atoms with Crippen LogP contribution in [0, 0.1) is 5.92 Å². The number of nitrogens with zero attached hydrogens (tertiary/aromatic N) is 3. The summed E-state index contributed by atoms with van der Waals surface area (Å²) in [5.74, 6) is 1.08. The highest BCUT2D eigenvalue weighted by atomic mass is 32.2. The molecule has 32 heavy (non-hydrogen) atoms. The van der Waals surface area contributed by atoms with Crippen LogP contribution in [0.25, 0.3) is 11.3 Å². The molecule has 6 nitrogen and oxygen atoms in total. The van der Waals surface area contributed by atoms with Gasteiger partial charge in [0.25, 0.3) is 0 Å². The first kappa shape index (κ1) is 23.4. The van der Waals surface area contributed by atoms with E-state index in [9.17, 15) is 13.2 Å². The molecule has 0 unspecified atom stereocenters. The first-order chi connectivity index (χ1) is 15.3. The second-order valence-electron chi connectivity index (χ2n) is 9.38. The van der Waals surface area contributed by atoms with Gasteiger partial charge in [-0.25, -0.2) is 13.4 Å². The van der Waals surface area contributed by atoms with Crippen molar-refractivity contribution in [3.8, 4) is 11.3 Å². The van der Waals surface area contributed by atoms with Gasteiger partial charge in [0, 0.05) is 18.6 Å². The molecule has 2 aromatic rings. The van der Waals surface area contributed by atoms with E-state index in [1.54, 1.807) is 0 Å². The van der Waals surface area contributed by atoms with Crippen LogP contribution in [0.5, 0.6) is 0 Å². The van der Waals surface area contributed by atoms with Crippen LogP contribution in [0.1, 0.15) is 46.0 Å². The molecular weight excluding hydrogens is 442 g/mol. The number of hydrogen-bond donors (Lipinski definition) is 0. The van der Waals surface area contributed by atoms with Crippen LogP contribution in [0.3, 0.4) is 0 Å². The summed E-state index contributed by atoms with van der Waals surface area (Å²) in [4.78, 5) is 20.0. The lowest BCUT2D eigenvalue weighted by molar-refractivity contribution is -0.132. The summed E-state index contributed by atoms with van der Waals surface area (Å²) >= 11 is 1.47. The number of thioether (sulfide) groups is 1. The molecule has 4 rings (SSSR count). The van der Waals surface area contributed by atoms with Gasteiger partial charge in [-0.1, -0.05) is 68.8 Å². The molecule has 0 spiro atoms. The molecule has 1 aromatic heterocycles. The van der Waals surface area contributed by atoms with Crippen LogP contribution in [0.15, 0.2) is 41.7 Å². The fourth-order valence-corrected chi connectivity index (χ4v) is 7.51. The van der Waals surface area contributed by atoms with Crippen molar-refractivity contribution in [3.05, 3.63) is 36.5 Å². The van der Waals surface area contributed by atoms with Crippen molar-refractivity contribution in [2.24, 2.45) is 5.92 Å². The summed E-state index contributed by atoms with van der Waals surface area (Å²) in [5.41, 5.74) is 2.17. The smallest absolute Gasteiger partial charge is 0.233 e. The van der Waals surface area contributed by atoms with E-state index in [1.165, 1.54) is 11.8 Å². The number of sulfone groups is 1. The van der Waals surface area contributed by atoms with Gasteiger partial charge in [0.1, 0.15) is 0 Å². The molecular formula is C24H33N3O3S2. The highest BCUT2D eigenvalue weighted by molar-refractivity contribution is 7.99. The molecule has 1 aromatic carbocycles. The summed E-state index contributed by atoms with van der Waals surface area (Å²) in [7, 11) is -3.04. The highest BCUT2D eigenvalue weighted by Gasteiger charge is 2.39. The van der Waals surface area contributed by atoms with E-state index in [4.69, 9.17) is 0 Å². The van der Waals surface area contributed by atoms with E-state index in [1.807, 2.05) is 29.3 Å². The second-order valence-corrected chi connectivity index (χ2v) is 12.6. The molecule has 2 aliphatic rings. The number of imidazole rings is 1. The van der Waals surface area contributed by atoms with E-state index in [-0.39, 0.29) is 35.2 Å². The molecule has 1 saturated heterocycles. The van der Waals surface area contributed by atoms with Crippen molar-refractivity contribution >= 4 is 27.5 Å². The van der Waals surface area contributed by atoms with E-state index in [0.29, 0.717) is 12.3 Å². The van der Waals surface area contributed by atoms with Crippen LogP contribution in [0.2, 0.25) is 0 Å². The summed E-state index contributed by atoms with van der Waals surface area (Å²) < 4.78 is 26.4. The van der Waals surface area contributed by atoms with Crippen molar-refractivity contribution in [2.75, 3.05) is 17.3 Å².